The fourth-order valence-electron chi connectivity index (χ4n) is 3.90. The van der Waals surface area contributed by atoms with E-state index in [1.165, 1.54) is 0 Å². The minimum atomic E-state index is -0.352. The third-order valence-electron chi connectivity index (χ3n) is 7.21. The highest BCUT2D eigenvalue weighted by atomic mass is 16.6. The molecule has 0 aromatic rings. The molecule has 0 aliphatic heterocycles. The number of ether oxygens (including phenoxy) is 4. The van der Waals surface area contributed by atoms with E-state index in [0.29, 0.717) is 19.1 Å². The second kappa shape index (κ2) is 13.9. The predicted molar refractivity (Wildman–Crippen MR) is 151 cm³/mol. The van der Waals surface area contributed by atoms with Crippen molar-refractivity contribution in [1.29, 1.82) is 0 Å². The van der Waals surface area contributed by atoms with Gasteiger partial charge in [-0.15, -0.1) is 0 Å². The molecule has 0 saturated heterocycles. The Morgan fingerprint density at radius 3 is 1.67 bits per heavy atom. The molecular formula is C31H62O5. The van der Waals surface area contributed by atoms with E-state index in [2.05, 4.69) is 104 Å². The third-order valence-corrected chi connectivity index (χ3v) is 7.21. The van der Waals surface area contributed by atoms with Crippen LogP contribution >= 0.6 is 0 Å². The molecule has 0 fully saturated rings. The van der Waals surface area contributed by atoms with Crippen molar-refractivity contribution >= 4 is 5.97 Å². The Kier molecular flexibility index (Phi) is 13.7. The molecule has 0 aliphatic carbocycles. The van der Waals surface area contributed by atoms with Crippen LogP contribution in [0.4, 0.5) is 0 Å². The Morgan fingerprint density at radius 2 is 1.19 bits per heavy atom. The van der Waals surface area contributed by atoms with Gasteiger partial charge in [0.2, 0.25) is 0 Å². The fraction of sp³-hybridized carbons (Fsp3) is 0.968. The number of esters is 1. The van der Waals surface area contributed by atoms with Gasteiger partial charge in [0.05, 0.1) is 42.0 Å². The zero-order valence-electron chi connectivity index (χ0n) is 26.7. The predicted octanol–water partition coefficient (Wildman–Crippen LogP) is 8.23. The molecule has 0 rings (SSSR count). The molecule has 216 valence electrons. The van der Waals surface area contributed by atoms with Gasteiger partial charge >= 0.3 is 5.97 Å². The van der Waals surface area contributed by atoms with Crippen LogP contribution in [0.2, 0.25) is 0 Å². The Labute approximate surface area is 224 Å². The lowest BCUT2D eigenvalue weighted by atomic mass is 9.72. The zero-order valence-corrected chi connectivity index (χ0v) is 26.7. The smallest absolute Gasteiger partial charge is 0.309 e. The van der Waals surface area contributed by atoms with E-state index >= 15 is 0 Å². The van der Waals surface area contributed by atoms with Crippen LogP contribution in [0.25, 0.3) is 0 Å². The van der Waals surface area contributed by atoms with Crippen molar-refractivity contribution in [1.82, 2.24) is 0 Å². The number of carbonyl (C=O) groups is 1. The van der Waals surface area contributed by atoms with Crippen molar-refractivity contribution in [3.63, 3.8) is 0 Å². The lowest BCUT2D eigenvalue weighted by molar-refractivity contribution is -0.158. The lowest BCUT2D eigenvalue weighted by Crippen LogP contribution is -2.36. The minimum Gasteiger partial charge on any atom is -0.463 e. The number of carbonyl (C=O) groups excluding carboxylic acids is 1. The molecule has 0 aromatic carbocycles. The van der Waals surface area contributed by atoms with Crippen molar-refractivity contribution in [3.05, 3.63) is 0 Å². The highest BCUT2D eigenvalue weighted by Gasteiger charge is 2.36. The summed E-state index contributed by atoms with van der Waals surface area (Å²) in [4.78, 5) is 12.8. The fourth-order valence-corrected chi connectivity index (χ4v) is 3.90. The molecule has 36 heavy (non-hydrogen) atoms. The number of hydrogen-bond donors (Lipinski definition) is 0. The van der Waals surface area contributed by atoms with Crippen molar-refractivity contribution < 1.29 is 23.7 Å². The van der Waals surface area contributed by atoms with Gasteiger partial charge < -0.3 is 18.9 Å². The normalized spacial score (nSPS) is 15.8. The molecule has 0 spiro atoms. The lowest BCUT2D eigenvalue weighted by Gasteiger charge is -2.35. The van der Waals surface area contributed by atoms with E-state index in [0.717, 1.165) is 25.7 Å². The Balaban J connectivity index is 4.46. The molecule has 0 aliphatic rings. The molecule has 0 aromatic heterocycles. The van der Waals surface area contributed by atoms with Gasteiger partial charge in [0.1, 0.15) is 6.61 Å². The number of rotatable bonds is 16. The standard InChI is InChI=1S/C31H62O5/c1-23(2)31(14,15)36-24(3)16-17-29(10,11)34-19-18-30(12,13)35-21-20-33-26(32)25(28(7,8)9)22-27(4,5)6/h23-25H,16-22H2,1-15H3. The van der Waals surface area contributed by atoms with Crippen LogP contribution in [0, 0.1) is 22.7 Å². The maximum Gasteiger partial charge on any atom is 0.309 e. The Morgan fingerprint density at radius 1 is 0.694 bits per heavy atom. The highest BCUT2D eigenvalue weighted by molar-refractivity contribution is 5.73. The van der Waals surface area contributed by atoms with E-state index < -0.39 is 0 Å². The molecule has 0 heterocycles. The quantitative estimate of drug-likeness (QED) is 0.153. The number of hydrogen-bond acceptors (Lipinski definition) is 5. The third kappa shape index (κ3) is 15.6. The molecular weight excluding hydrogens is 452 g/mol. The van der Waals surface area contributed by atoms with Gasteiger partial charge in [0, 0.05) is 0 Å². The summed E-state index contributed by atoms with van der Waals surface area (Å²) in [5.41, 5.74) is -0.766. The van der Waals surface area contributed by atoms with E-state index in [-0.39, 0.29) is 52.2 Å². The van der Waals surface area contributed by atoms with Gasteiger partial charge in [0.25, 0.3) is 0 Å². The minimum absolute atomic E-state index is 0.0684. The summed E-state index contributed by atoms with van der Waals surface area (Å²) >= 11 is 0. The first kappa shape index (κ1) is 35.4. The van der Waals surface area contributed by atoms with Crippen molar-refractivity contribution in [3.8, 4) is 0 Å². The van der Waals surface area contributed by atoms with Crippen LogP contribution in [-0.4, -0.2) is 48.7 Å². The van der Waals surface area contributed by atoms with E-state index in [1.807, 2.05) is 0 Å². The van der Waals surface area contributed by atoms with Gasteiger partial charge in [-0.1, -0.05) is 55.4 Å². The molecule has 0 amide bonds. The van der Waals surface area contributed by atoms with Gasteiger partial charge in [-0.3, -0.25) is 4.79 Å². The van der Waals surface area contributed by atoms with Crippen molar-refractivity contribution in [2.24, 2.45) is 22.7 Å². The van der Waals surface area contributed by atoms with E-state index in [9.17, 15) is 4.79 Å². The molecule has 5 heteroatoms. The van der Waals surface area contributed by atoms with Gasteiger partial charge in [-0.05, 0) is 90.9 Å². The molecule has 0 saturated carbocycles. The highest BCUT2D eigenvalue weighted by Crippen LogP contribution is 2.36. The van der Waals surface area contributed by atoms with E-state index in [4.69, 9.17) is 18.9 Å². The summed E-state index contributed by atoms with van der Waals surface area (Å²) in [5, 5.41) is 0. The van der Waals surface area contributed by atoms with Crippen molar-refractivity contribution in [2.45, 2.75) is 152 Å². The van der Waals surface area contributed by atoms with Crippen LogP contribution in [0.1, 0.15) is 130 Å². The maximum absolute atomic E-state index is 12.8. The Bertz CT molecular complexity index is 634. The van der Waals surface area contributed by atoms with Crippen LogP contribution in [0.5, 0.6) is 0 Å². The Hall–Kier alpha value is -0.650. The SMILES string of the molecule is CC(CCC(C)(C)OCCC(C)(C)OCCOC(=O)C(CC(C)(C)C)C(C)(C)C)OC(C)(C)C(C)C. The molecule has 2 atom stereocenters. The van der Waals surface area contributed by atoms with Crippen LogP contribution in [0.15, 0.2) is 0 Å². The van der Waals surface area contributed by atoms with Crippen LogP contribution < -0.4 is 0 Å². The first-order valence-electron chi connectivity index (χ1n) is 14.1. The topological polar surface area (TPSA) is 54.0 Å². The summed E-state index contributed by atoms with van der Waals surface area (Å²) in [7, 11) is 0. The summed E-state index contributed by atoms with van der Waals surface area (Å²) in [6.07, 6.45) is 3.65. The zero-order chi connectivity index (χ0) is 28.6. The molecule has 0 radical (unpaired) electrons. The molecule has 0 bridgehead atoms. The van der Waals surface area contributed by atoms with Gasteiger partial charge in [-0.25, -0.2) is 0 Å². The van der Waals surface area contributed by atoms with E-state index in [1.54, 1.807) is 0 Å². The summed E-state index contributed by atoms with van der Waals surface area (Å²) in [6.45, 7) is 33.3. The monoisotopic (exact) mass is 514 g/mol. The average Bonchev–Trinajstić information content (AvgIpc) is 2.65. The second-order valence-corrected chi connectivity index (χ2v) is 15.0. The molecule has 2 unspecified atom stereocenters. The summed E-state index contributed by atoms with van der Waals surface area (Å²) < 4.78 is 24.2. The summed E-state index contributed by atoms with van der Waals surface area (Å²) in [5.74, 6) is 0.211. The molecule has 5 nitrogen and oxygen atoms in total. The van der Waals surface area contributed by atoms with Crippen molar-refractivity contribution in [2.75, 3.05) is 19.8 Å². The van der Waals surface area contributed by atoms with Crippen LogP contribution in [0.3, 0.4) is 0 Å². The van der Waals surface area contributed by atoms with Crippen LogP contribution in [-0.2, 0) is 23.7 Å². The first-order chi connectivity index (χ1) is 16.0. The second-order valence-electron chi connectivity index (χ2n) is 15.0. The molecule has 0 N–H and O–H groups in total. The maximum atomic E-state index is 12.8. The first-order valence-corrected chi connectivity index (χ1v) is 14.1. The van der Waals surface area contributed by atoms with Gasteiger partial charge in [0.15, 0.2) is 0 Å². The average molecular weight is 515 g/mol. The van der Waals surface area contributed by atoms with Gasteiger partial charge in [-0.2, -0.15) is 0 Å². The largest absolute Gasteiger partial charge is 0.463 e. The summed E-state index contributed by atoms with van der Waals surface area (Å²) in [6, 6.07) is 0.